The Kier molecular flexibility index (Phi) is 5.91. The van der Waals surface area contributed by atoms with Gasteiger partial charge >= 0.3 is 6.09 Å². The third-order valence-corrected chi connectivity index (χ3v) is 4.50. The summed E-state index contributed by atoms with van der Waals surface area (Å²) in [6.07, 6.45) is -0.298. The third kappa shape index (κ3) is 5.56. The molecule has 1 N–H and O–H groups in total. The molecule has 7 nitrogen and oxygen atoms in total. The molecule has 1 amide bonds. The quantitative estimate of drug-likeness (QED) is 0.835. The van der Waals surface area contributed by atoms with Crippen molar-refractivity contribution in [3.63, 3.8) is 0 Å². The molecule has 2 aromatic rings. The van der Waals surface area contributed by atoms with Crippen molar-refractivity contribution in [2.75, 3.05) is 29.9 Å². The second kappa shape index (κ2) is 8.23. The van der Waals surface area contributed by atoms with Crippen LogP contribution in [-0.4, -0.2) is 52.2 Å². The molecule has 0 bridgehead atoms. The molecule has 2 heterocycles. The van der Waals surface area contributed by atoms with Crippen LogP contribution in [-0.2, 0) is 4.74 Å². The highest BCUT2D eigenvalue weighted by molar-refractivity contribution is 5.68. The SMILES string of the molecule is Cc1cc(Nc2ccc(F)cc2)nc(N2CCN(C(=O)OC(C)(C)C)CC2C)n1. The predicted octanol–water partition coefficient (Wildman–Crippen LogP) is 4.11. The number of rotatable bonds is 3. The van der Waals surface area contributed by atoms with Crippen LogP contribution in [0.2, 0.25) is 0 Å². The van der Waals surface area contributed by atoms with Gasteiger partial charge in [0.05, 0.1) is 0 Å². The van der Waals surface area contributed by atoms with Gasteiger partial charge in [0, 0.05) is 43.1 Å². The maximum absolute atomic E-state index is 13.1. The van der Waals surface area contributed by atoms with Gasteiger partial charge in [0.1, 0.15) is 17.2 Å². The molecule has 1 atom stereocenters. The molecule has 29 heavy (non-hydrogen) atoms. The number of halogens is 1. The number of hydrogen-bond donors (Lipinski definition) is 1. The molecule has 1 fully saturated rings. The number of amides is 1. The number of ether oxygens (including phenoxy) is 1. The molecule has 1 aromatic carbocycles. The molecule has 1 aliphatic heterocycles. The molecule has 8 heteroatoms. The number of nitrogens with zero attached hydrogens (tertiary/aromatic N) is 4. The normalized spacial score (nSPS) is 17.2. The standard InChI is InChI=1S/C21H28FN5O2/c1-14-12-18(24-17-8-6-16(22)7-9-17)25-19(23-14)27-11-10-26(13-15(27)2)20(28)29-21(3,4)5/h6-9,12,15H,10-11,13H2,1-5H3,(H,23,24,25). The summed E-state index contributed by atoms with van der Waals surface area (Å²) in [5.74, 6) is 0.957. The van der Waals surface area contributed by atoms with E-state index >= 15 is 0 Å². The smallest absolute Gasteiger partial charge is 0.410 e. The summed E-state index contributed by atoms with van der Waals surface area (Å²) in [5.41, 5.74) is 1.05. The van der Waals surface area contributed by atoms with Crippen molar-refractivity contribution in [1.29, 1.82) is 0 Å². The second-order valence-corrected chi connectivity index (χ2v) is 8.30. The first kappa shape index (κ1) is 20.8. The molecular weight excluding hydrogens is 373 g/mol. The van der Waals surface area contributed by atoms with E-state index in [2.05, 4.69) is 20.2 Å². The Labute approximate surface area is 170 Å². The van der Waals surface area contributed by atoms with Gasteiger partial charge in [-0.1, -0.05) is 0 Å². The number of aryl methyl sites for hydroxylation is 1. The lowest BCUT2D eigenvalue weighted by Gasteiger charge is -2.40. The highest BCUT2D eigenvalue weighted by Crippen LogP contribution is 2.22. The van der Waals surface area contributed by atoms with Crippen LogP contribution in [0.25, 0.3) is 0 Å². The maximum Gasteiger partial charge on any atom is 0.410 e. The Hall–Kier alpha value is -2.90. The van der Waals surface area contributed by atoms with E-state index in [0.29, 0.717) is 31.4 Å². The summed E-state index contributed by atoms with van der Waals surface area (Å²) in [6, 6.07) is 8.00. The van der Waals surface area contributed by atoms with E-state index < -0.39 is 5.60 Å². The van der Waals surface area contributed by atoms with Crippen molar-refractivity contribution < 1.29 is 13.9 Å². The van der Waals surface area contributed by atoms with Gasteiger partial charge in [0.25, 0.3) is 0 Å². The summed E-state index contributed by atoms with van der Waals surface area (Å²) in [4.78, 5) is 25.4. The topological polar surface area (TPSA) is 70.6 Å². The van der Waals surface area contributed by atoms with Crippen LogP contribution in [0.3, 0.4) is 0 Å². The molecule has 1 aromatic heterocycles. The highest BCUT2D eigenvalue weighted by atomic mass is 19.1. The third-order valence-electron chi connectivity index (χ3n) is 4.50. The molecule has 156 valence electrons. The van der Waals surface area contributed by atoms with Crippen LogP contribution in [0, 0.1) is 12.7 Å². The van der Waals surface area contributed by atoms with Gasteiger partial charge < -0.3 is 19.9 Å². The number of carbonyl (C=O) groups excluding carboxylic acids is 1. The van der Waals surface area contributed by atoms with Crippen molar-refractivity contribution in [3.05, 3.63) is 41.8 Å². The van der Waals surface area contributed by atoms with Gasteiger partial charge in [0.2, 0.25) is 5.95 Å². The number of anilines is 3. The van der Waals surface area contributed by atoms with Crippen LogP contribution < -0.4 is 10.2 Å². The predicted molar refractivity (Wildman–Crippen MR) is 111 cm³/mol. The minimum absolute atomic E-state index is 0.0386. The van der Waals surface area contributed by atoms with Gasteiger partial charge in [-0.25, -0.2) is 14.2 Å². The Morgan fingerprint density at radius 2 is 1.90 bits per heavy atom. The highest BCUT2D eigenvalue weighted by Gasteiger charge is 2.31. The van der Waals surface area contributed by atoms with Crippen LogP contribution in [0.1, 0.15) is 33.4 Å². The lowest BCUT2D eigenvalue weighted by atomic mass is 10.2. The summed E-state index contributed by atoms with van der Waals surface area (Å²) in [7, 11) is 0. The van der Waals surface area contributed by atoms with Gasteiger partial charge in [-0.15, -0.1) is 0 Å². The summed E-state index contributed by atoms with van der Waals surface area (Å²) >= 11 is 0. The van der Waals surface area contributed by atoms with Crippen LogP contribution in [0.5, 0.6) is 0 Å². The van der Waals surface area contributed by atoms with Crippen LogP contribution >= 0.6 is 0 Å². The van der Waals surface area contributed by atoms with Crippen molar-refractivity contribution in [2.24, 2.45) is 0 Å². The summed E-state index contributed by atoms with van der Waals surface area (Å²) < 4.78 is 18.6. The van der Waals surface area contributed by atoms with E-state index in [1.165, 1.54) is 12.1 Å². The van der Waals surface area contributed by atoms with Crippen molar-refractivity contribution in [2.45, 2.75) is 46.3 Å². The number of hydrogen-bond acceptors (Lipinski definition) is 6. The van der Waals surface area contributed by atoms with Crippen LogP contribution in [0.4, 0.5) is 26.6 Å². The van der Waals surface area contributed by atoms with E-state index in [1.54, 1.807) is 17.0 Å². The Morgan fingerprint density at radius 1 is 1.21 bits per heavy atom. The Bertz CT molecular complexity index is 866. The van der Waals surface area contributed by atoms with E-state index in [0.717, 1.165) is 11.4 Å². The zero-order valence-corrected chi connectivity index (χ0v) is 17.6. The number of piperazine rings is 1. The minimum Gasteiger partial charge on any atom is -0.444 e. The molecule has 1 aliphatic rings. The fraction of sp³-hybridized carbons (Fsp3) is 0.476. The number of aromatic nitrogens is 2. The zero-order valence-electron chi connectivity index (χ0n) is 17.6. The molecule has 1 unspecified atom stereocenters. The molecule has 0 spiro atoms. The van der Waals surface area contributed by atoms with Crippen LogP contribution in [0.15, 0.2) is 30.3 Å². The molecule has 3 rings (SSSR count). The van der Waals surface area contributed by atoms with Crippen molar-refractivity contribution in [3.8, 4) is 0 Å². The average molecular weight is 401 g/mol. The zero-order chi connectivity index (χ0) is 21.2. The van der Waals surface area contributed by atoms with Crippen molar-refractivity contribution >= 4 is 23.5 Å². The van der Waals surface area contributed by atoms with E-state index in [1.807, 2.05) is 40.7 Å². The first-order valence-corrected chi connectivity index (χ1v) is 9.73. The summed E-state index contributed by atoms with van der Waals surface area (Å²) in [6.45, 7) is 11.2. The molecule has 0 aliphatic carbocycles. The number of nitrogens with one attached hydrogen (secondary N) is 1. The van der Waals surface area contributed by atoms with Crippen molar-refractivity contribution in [1.82, 2.24) is 14.9 Å². The second-order valence-electron chi connectivity index (χ2n) is 8.30. The first-order chi connectivity index (χ1) is 13.6. The Morgan fingerprint density at radius 3 is 2.52 bits per heavy atom. The maximum atomic E-state index is 13.1. The largest absolute Gasteiger partial charge is 0.444 e. The monoisotopic (exact) mass is 401 g/mol. The fourth-order valence-corrected chi connectivity index (χ4v) is 3.17. The molecule has 0 radical (unpaired) electrons. The van der Waals surface area contributed by atoms with Gasteiger partial charge in [-0.05, 0) is 58.9 Å². The van der Waals surface area contributed by atoms with Gasteiger partial charge in [0.15, 0.2) is 0 Å². The average Bonchev–Trinajstić information content (AvgIpc) is 2.61. The van der Waals surface area contributed by atoms with E-state index in [9.17, 15) is 9.18 Å². The first-order valence-electron chi connectivity index (χ1n) is 9.73. The van der Waals surface area contributed by atoms with Gasteiger partial charge in [-0.2, -0.15) is 4.98 Å². The number of benzene rings is 1. The molecular formula is C21H28FN5O2. The lowest BCUT2D eigenvalue weighted by Crippen LogP contribution is -2.55. The Balaban J connectivity index is 1.71. The number of carbonyl (C=O) groups is 1. The minimum atomic E-state index is -0.516. The fourth-order valence-electron chi connectivity index (χ4n) is 3.17. The lowest BCUT2D eigenvalue weighted by molar-refractivity contribution is 0.0218. The molecule has 1 saturated heterocycles. The summed E-state index contributed by atoms with van der Waals surface area (Å²) in [5, 5.41) is 3.19. The van der Waals surface area contributed by atoms with E-state index in [4.69, 9.17) is 4.74 Å². The van der Waals surface area contributed by atoms with Gasteiger partial charge in [-0.3, -0.25) is 0 Å². The van der Waals surface area contributed by atoms with E-state index in [-0.39, 0.29) is 18.0 Å². The molecule has 0 saturated carbocycles.